The quantitative estimate of drug-likeness (QED) is 0.651. The number of nitrogens with two attached hydrogens (primary N) is 1. The Morgan fingerprint density at radius 1 is 1.20 bits per heavy atom. The van der Waals surface area contributed by atoms with Crippen molar-refractivity contribution in [3.8, 4) is 23.0 Å². The lowest BCUT2D eigenvalue weighted by Gasteiger charge is -2.25. The summed E-state index contributed by atoms with van der Waals surface area (Å²) >= 11 is 0. The van der Waals surface area contributed by atoms with Crippen LogP contribution in [0.15, 0.2) is 41.4 Å². The molecule has 0 fully saturated rings. The summed E-state index contributed by atoms with van der Waals surface area (Å²) in [6, 6.07) is 12.8. The minimum absolute atomic E-state index is 0.118. The van der Waals surface area contributed by atoms with Gasteiger partial charge >= 0.3 is 0 Å². The maximum absolute atomic E-state index is 12.7. The van der Waals surface area contributed by atoms with E-state index in [-0.39, 0.29) is 11.3 Å². The summed E-state index contributed by atoms with van der Waals surface area (Å²) in [6.07, 6.45) is 1.84. The zero-order valence-electron chi connectivity index (χ0n) is 18.7. The van der Waals surface area contributed by atoms with Crippen LogP contribution in [-0.4, -0.2) is 21.0 Å². The van der Waals surface area contributed by atoms with Crippen LogP contribution in [-0.2, 0) is 10.8 Å². The van der Waals surface area contributed by atoms with Crippen molar-refractivity contribution in [2.45, 2.75) is 64.7 Å². The third-order valence-electron chi connectivity index (χ3n) is 6.05. The number of rotatable bonds is 5. The van der Waals surface area contributed by atoms with E-state index < -0.39 is 10.8 Å². The number of aliphatic imine (C=N–C) groups is 1. The maximum Gasteiger partial charge on any atom is 0.110 e. The highest BCUT2D eigenvalue weighted by Crippen LogP contribution is 2.36. The second-order valence-electron chi connectivity index (χ2n) is 8.07. The molecule has 0 radical (unpaired) electrons. The summed E-state index contributed by atoms with van der Waals surface area (Å²) in [5.41, 5.74) is 13.2. The number of aryl methyl sites for hydroxylation is 1. The molecule has 0 aromatic heterocycles. The third-order valence-corrected chi connectivity index (χ3v) is 7.90. The van der Waals surface area contributed by atoms with Gasteiger partial charge in [-0.1, -0.05) is 44.9 Å². The van der Waals surface area contributed by atoms with Gasteiger partial charge in [0.25, 0.3) is 0 Å². The molecule has 158 valence electrons. The first-order chi connectivity index (χ1) is 14.4. The molecule has 0 saturated carbocycles. The van der Waals surface area contributed by atoms with Crippen LogP contribution in [0.5, 0.6) is 0 Å². The predicted molar refractivity (Wildman–Crippen MR) is 129 cm³/mol. The molecule has 4 atom stereocenters. The van der Waals surface area contributed by atoms with Crippen LogP contribution in [0.1, 0.15) is 74.8 Å². The highest BCUT2D eigenvalue weighted by Gasteiger charge is 2.29. The number of nitrogens with zero attached hydrogens (tertiary/aromatic N) is 1. The van der Waals surface area contributed by atoms with Gasteiger partial charge in [0, 0.05) is 16.4 Å². The Morgan fingerprint density at radius 2 is 1.97 bits per heavy atom. The van der Waals surface area contributed by atoms with E-state index in [2.05, 4.69) is 69.0 Å². The minimum atomic E-state index is -0.989. The Bertz CT molecular complexity index is 1040. The lowest BCUT2D eigenvalue weighted by Crippen LogP contribution is -2.38. The summed E-state index contributed by atoms with van der Waals surface area (Å²) < 4.78 is 12.7. The highest BCUT2D eigenvalue weighted by molar-refractivity contribution is 7.86. The Labute approximate surface area is 183 Å². The van der Waals surface area contributed by atoms with E-state index >= 15 is 0 Å². The molecule has 4 unspecified atom stereocenters. The van der Waals surface area contributed by atoms with Crippen LogP contribution in [0, 0.1) is 18.8 Å². The van der Waals surface area contributed by atoms with Crippen LogP contribution in [0.25, 0.3) is 11.1 Å². The van der Waals surface area contributed by atoms with Crippen LogP contribution < -0.4 is 5.73 Å². The predicted octanol–water partition coefficient (Wildman–Crippen LogP) is 5.49. The normalized spacial score (nSPS) is 22.0. The Kier molecular flexibility index (Phi) is 7.15. The van der Waals surface area contributed by atoms with E-state index in [0.29, 0.717) is 17.5 Å². The zero-order chi connectivity index (χ0) is 21.8. The third kappa shape index (κ3) is 4.52. The summed E-state index contributed by atoms with van der Waals surface area (Å²) in [7, 11) is -0.989. The molecule has 2 N–H and O–H groups in total. The van der Waals surface area contributed by atoms with Gasteiger partial charge in [-0.05, 0) is 78.6 Å². The van der Waals surface area contributed by atoms with Gasteiger partial charge in [-0.15, -0.1) is 5.92 Å². The van der Waals surface area contributed by atoms with Crippen molar-refractivity contribution < 1.29 is 4.21 Å². The molecule has 1 aliphatic heterocycles. The topological polar surface area (TPSA) is 55.5 Å². The molecule has 0 amide bonds. The van der Waals surface area contributed by atoms with Crippen molar-refractivity contribution in [1.29, 1.82) is 0 Å². The van der Waals surface area contributed by atoms with Gasteiger partial charge in [-0.2, -0.15) is 0 Å². The number of hydrogen-bond donors (Lipinski definition) is 1. The molecule has 0 spiro atoms. The van der Waals surface area contributed by atoms with Crippen LogP contribution in [0.4, 0.5) is 0 Å². The smallest absolute Gasteiger partial charge is 0.110 e. The van der Waals surface area contributed by atoms with Crippen LogP contribution in [0.3, 0.4) is 0 Å². The van der Waals surface area contributed by atoms with E-state index in [0.717, 1.165) is 24.0 Å². The first kappa shape index (κ1) is 22.3. The number of amidine groups is 1. The Hall–Kier alpha value is -2.38. The molecule has 0 saturated heterocycles. The van der Waals surface area contributed by atoms with E-state index in [9.17, 15) is 4.21 Å². The second-order valence-corrected chi connectivity index (χ2v) is 9.74. The Morgan fingerprint density at radius 3 is 2.60 bits per heavy atom. The molecule has 0 aliphatic carbocycles. The standard InChI is InChI=1S/C26H32N2OS/c1-6-9-19-11-13-21(17(4)7-2)23(14-19)22-15-20(12-10-18(22)5)24-16-30(29)25(8-3)26(27)28-24/h10-15,17,24-25H,7-8,16H2,1-5H3,(H2,27,28). The Balaban J connectivity index is 2.12. The number of hydrogen-bond acceptors (Lipinski definition) is 3. The van der Waals surface area contributed by atoms with Gasteiger partial charge < -0.3 is 5.73 Å². The van der Waals surface area contributed by atoms with E-state index in [1.54, 1.807) is 0 Å². The lowest BCUT2D eigenvalue weighted by molar-refractivity contribution is 0.662. The summed E-state index contributed by atoms with van der Waals surface area (Å²) in [5.74, 6) is 7.70. The van der Waals surface area contributed by atoms with Crippen molar-refractivity contribution >= 4 is 16.6 Å². The fraction of sp³-hybridized carbons (Fsp3) is 0.423. The minimum Gasteiger partial charge on any atom is -0.386 e. The second kappa shape index (κ2) is 9.62. The SMILES string of the molecule is CC#Cc1ccc(C(C)CC)c(-c2cc(C3CS(=O)C(CC)C(N)=N3)ccc2C)c1. The van der Waals surface area contributed by atoms with Gasteiger partial charge in [0.05, 0.1) is 17.0 Å². The zero-order valence-corrected chi connectivity index (χ0v) is 19.5. The van der Waals surface area contributed by atoms with E-state index in [4.69, 9.17) is 10.7 Å². The molecule has 3 nitrogen and oxygen atoms in total. The lowest BCUT2D eigenvalue weighted by atomic mass is 9.86. The van der Waals surface area contributed by atoms with Crippen molar-refractivity contribution in [1.82, 2.24) is 0 Å². The molecule has 1 aliphatic rings. The van der Waals surface area contributed by atoms with Crippen LogP contribution >= 0.6 is 0 Å². The van der Waals surface area contributed by atoms with Gasteiger partial charge in [-0.25, -0.2) is 0 Å². The molecule has 2 aromatic carbocycles. The molecule has 4 heteroatoms. The van der Waals surface area contributed by atoms with Crippen molar-refractivity contribution in [3.05, 3.63) is 58.7 Å². The van der Waals surface area contributed by atoms with Crippen molar-refractivity contribution in [2.24, 2.45) is 10.7 Å². The molecular formula is C26H32N2OS. The van der Waals surface area contributed by atoms with Gasteiger partial charge in [0.2, 0.25) is 0 Å². The fourth-order valence-corrected chi connectivity index (χ4v) is 5.58. The molecule has 1 heterocycles. The number of benzene rings is 2. The summed E-state index contributed by atoms with van der Waals surface area (Å²) in [5, 5.41) is -0.118. The molecular weight excluding hydrogens is 388 g/mol. The fourth-order valence-electron chi connectivity index (χ4n) is 4.07. The van der Waals surface area contributed by atoms with Crippen LogP contribution in [0.2, 0.25) is 0 Å². The summed E-state index contributed by atoms with van der Waals surface area (Å²) in [6.45, 7) is 10.5. The molecule has 3 rings (SSSR count). The summed E-state index contributed by atoms with van der Waals surface area (Å²) in [4.78, 5) is 4.72. The average molecular weight is 421 g/mol. The molecule has 0 bridgehead atoms. The van der Waals surface area contributed by atoms with Gasteiger partial charge in [0.15, 0.2) is 0 Å². The van der Waals surface area contributed by atoms with E-state index in [1.807, 2.05) is 13.8 Å². The monoisotopic (exact) mass is 420 g/mol. The first-order valence-corrected chi connectivity index (χ1v) is 12.2. The highest BCUT2D eigenvalue weighted by atomic mass is 32.2. The van der Waals surface area contributed by atoms with Crippen molar-refractivity contribution in [3.63, 3.8) is 0 Å². The molecule has 2 aromatic rings. The largest absolute Gasteiger partial charge is 0.386 e. The first-order valence-electron chi connectivity index (χ1n) is 10.8. The maximum atomic E-state index is 12.7. The van der Waals surface area contributed by atoms with Crippen molar-refractivity contribution in [2.75, 3.05) is 5.75 Å². The molecule has 30 heavy (non-hydrogen) atoms. The average Bonchev–Trinajstić information content (AvgIpc) is 2.73. The van der Waals surface area contributed by atoms with Gasteiger partial charge in [-0.3, -0.25) is 9.20 Å². The van der Waals surface area contributed by atoms with E-state index in [1.165, 1.54) is 22.3 Å². The van der Waals surface area contributed by atoms with Gasteiger partial charge in [0.1, 0.15) is 5.84 Å².